The Bertz CT molecular complexity index is 1130. The summed E-state index contributed by atoms with van der Waals surface area (Å²) in [6.07, 6.45) is 4.76. The monoisotopic (exact) mass is 450 g/mol. The molecule has 1 N–H and O–H groups in total. The molecule has 0 saturated heterocycles. The van der Waals surface area contributed by atoms with Crippen molar-refractivity contribution in [2.45, 2.75) is 0 Å². The van der Waals surface area contributed by atoms with Gasteiger partial charge in [0.25, 0.3) is 0 Å². The topological polar surface area (TPSA) is 88.1 Å². The third kappa shape index (κ3) is 5.35. The second kappa shape index (κ2) is 10.9. The number of methoxy groups -OCH3 is 5. The van der Waals surface area contributed by atoms with Crippen molar-refractivity contribution in [2.75, 3.05) is 40.9 Å². The average Bonchev–Trinajstić information content (AvgIpc) is 2.86. The SMILES string of the molecule is COc1ccc(Nc2ncccc2C(=O)/C=C/c2cc(OC)c(OC)c(OC)c2)cc1OC. The zero-order chi connectivity index (χ0) is 23.8. The molecular formula is C25H26N2O6. The van der Waals surface area contributed by atoms with Gasteiger partial charge in [0.05, 0.1) is 41.1 Å². The molecule has 33 heavy (non-hydrogen) atoms. The van der Waals surface area contributed by atoms with Crippen LogP contribution >= 0.6 is 0 Å². The summed E-state index contributed by atoms with van der Waals surface area (Å²) in [6.45, 7) is 0. The number of carbonyl (C=O) groups is 1. The smallest absolute Gasteiger partial charge is 0.203 e. The van der Waals surface area contributed by atoms with Crippen molar-refractivity contribution in [3.63, 3.8) is 0 Å². The lowest BCUT2D eigenvalue weighted by Gasteiger charge is -2.13. The van der Waals surface area contributed by atoms with Crippen molar-refractivity contribution in [2.24, 2.45) is 0 Å². The molecule has 0 fully saturated rings. The number of pyridine rings is 1. The third-order valence-corrected chi connectivity index (χ3v) is 4.83. The molecule has 0 saturated carbocycles. The molecule has 0 aliphatic rings. The van der Waals surface area contributed by atoms with E-state index in [0.29, 0.717) is 45.8 Å². The predicted octanol–water partition coefficient (Wildman–Crippen LogP) is 4.76. The summed E-state index contributed by atoms with van der Waals surface area (Å²) >= 11 is 0. The van der Waals surface area contributed by atoms with Gasteiger partial charge in [-0.2, -0.15) is 0 Å². The number of rotatable bonds is 10. The Labute approximate surface area is 192 Å². The van der Waals surface area contributed by atoms with Crippen LogP contribution in [0.15, 0.2) is 54.7 Å². The van der Waals surface area contributed by atoms with Crippen molar-refractivity contribution in [1.29, 1.82) is 0 Å². The molecule has 2 aromatic carbocycles. The Hall–Kier alpha value is -4.20. The molecule has 0 unspecified atom stereocenters. The summed E-state index contributed by atoms with van der Waals surface area (Å²) in [5, 5.41) is 3.17. The standard InChI is InChI=1S/C25H26N2O6/c1-29-20-11-9-17(15-21(20)30-2)27-25-18(7-6-12-26-25)19(28)10-8-16-13-22(31-3)24(33-5)23(14-16)32-4/h6-15H,1-5H3,(H,26,27)/b10-8+. The lowest BCUT2D eigenvalue weighted by Crippen LogP contribution is -2.04. The van der Waals surface area contributed by atoms with E-state index in [4.69, 9.17) is 23.7 Å². The Kier molecular flexibility index (Phi) is 7.75. The molecular weight excluding hydrogens is 424 g/mol. The molecule has 1 aromatic heterocycles. The van der Waals surface area contributed by atoms with Gasteiger partial charge >= 0.3 is 0 Å². The van der Waals surface area contributed by atoms with Gasteiger partial charge in [-0.05, 0) is 48.0 Å². The first-order valence-electron chi connectivity index (χ1n) is 10.0. The maximum Gasteiger partial charge on any atom is 0.203 e. The van der Waals surface area contributed by atoms with E-state index in [0.717, 1.165) is 5.56 Å². The number of ether oxygens (including phenoxy) is 5. The zero-order valence-electron chi connectivity index (χ0n) is 19.2. The van der Waals surface area contributed by atoms with Crippen LogP contribution in [0.25, 0.3) is 6.08 Å². The number of anilines is 2. The molecule has 0 bridgehead atoms. The van der Waals surface area contributed by atoms with Crippen molar-refractivity contribution in [3.8, 4) is 28.7 Å². The quantitative estimate of drug-likeness (QED) is 0.349. The van der Waals surface area contributed by atoms with Crippen LogP contribution in [-0.2, 0) is 0 Å². The highest BCUT2D eigenvalue weighted by molar-refractivity contribution is 6.10. The van der Waals surface area contributed by atoms with Gasteiger partial charge in [-0.1, -0.05) is 6.08 Å². The molecule has 0 spiro atoms. The number of benzene rings is 2. The maximum atomic E-state index is 13.0. The van der Waals surface area contributed by atoms with E-state index < -0.39 is 0 Å². The highest BCUT2D eigenvalue weighted by Gasteiger charge is 2.14. The molecule has 172 valence electrons. The fourth-order valence-corrected chi connectivity index (χ4v) is 3.21. The predicted molar refractivity (Wildman–Crippen MR) is 127 cm³/mol. The second-order valence-corrected chi connectivity index (χ2v) is 6.75. The summed E-state index contributed by atoms with van der Waals surface area (Å²) in [5.41, 5.74) is 1.83. The minimum atomic E-state index is -0.222. The maximum absolute atomic E-state index is 13.0. The van der Waals surface area contributed by atoms with E-state index >= 15 is 0 Å². The number of nitrogens with zero attached hydrogens (tertiary/aromatic N) is 1. The third-order valence-electron chi connectivity index (χ3n) is 4.83. The van der Waals surface area contributed by atoms with E-state index in [1.54, 1.807) is 62.9 Å². The van der Waals surface area contributed by atoms with Crippen LogP contribution in [0, 0.1) is 0 Å². The van der Waals surface area contributed by atoms with Crippen LogP contribution in [0.5, 0.6) is 28.7 Å². The minimum Gasteiger partial charge on any atom is -0.493 e. The average molecular weight is 450 g/mol. The summed E-state index contributed by atoms with van der Waals surface area (Å²) < 4.78 is 26.7. The normalized spacial score (nSPS) is 10.6. The molecule has 3 rings (SSSR count). The van der Waals surface area contributed by atoms with Gasteiger partial charge in [0.15, 0.2) is 28.8 Å². The second-order valence-electron chi connectivity index (χ2n) is 6.75. The van der Waals surface area contributed by atoms with Gasteiger partial charge in [-0.15, -0.1) is 0 Å². The number of ketones is 1. The van der Waals surface area contributed by atoms with E-state index in [1.165, 1.54) is 27.4 Å². The highest BCUT2D eigenvalue weighted by atomic mass is 16.5. The van der Waals surface area contributed by atoms with Crippen molar-refractivity contribution in [1.82, 2.24) is 4.98 Å². The number of hydrogen-bond acceptors (Lipinski definition) is 8. The number of aromatic nitrogens is 1. The fourth-order valence-electron chi connectivity index (χ4n) is 3.21. The first-order valence-corrected chi connectivity index (χ1v) is 10.0. The van der Waals surface area contributed by atoms with Gasteiger partial charge in [0.1, 0.15) is 5.82 Å². The van der Waals surface area contributed by atoms with Gasteiger partial charge in [-0.25, -0.2) is 4.98 Å². The number of nitrogens with one attached hydrogen (secondary N) is 1. The van der Waals surface area contributed by atoms with Gasteiger partial charge < -0.3 is 29.0 Å². The number of allylic oxidation sites excluding steroid dienone is 1. The largest absolute Gasteiger partial charge is 0.493 e. The molecule has 8 nitrogen and oxygen atoms in total. The van der Waals surface area contributed by atoms with Gasteiger partial charge in [-0.3, -0.25) is 4.79 Å². The van der Waals surface area contributed by atoms with Crippen molar-refractivity contribution >= 4 is 23.4 Å². The molecule has 1 heterocycles. The van der Waals surface area contributed by atoms with Crippen LogP contribution in [0.2, 0.25) is 0 Å². The van der Waals surface area contributed by atoms with Gasteiger partial charge in [0, 0.05) is 18.0 Å². The summed E-state index contributed by atoms with van der Waals surface area (Å²) in [4.78, 5) is 17.3. The van der Waals surface area contributed by atoms with Crippen LogP contribution in [0.1, 0.15) is 15.9 Å². The molecule has 0 atom stereocenters. The lowest BCUT2D eigenvalue weighted by molar-refractivity contribution is 0.104. The molecule has 0 amide bonds. The first kappa shape index (κ1) is 23.5. The summed E-state index contributed by atoms with van der Waals surface area (Å²) in [5.74, 6) is 2.85. The van der Waals surface area contributed by atoms with E-state index in [-0.39, 0.29) is 5.78 Å². The number of carbonyl (C=O) groups excluding carboxylic acids is 1. The van der Waals surface area contributed by atoms with Crippen LogP contribution in [0.3, 0.4) is 0 Å². The van der Waals surface area contributed by atoms with Crippen molar-refractivity contribution < 1.29 is 28.5 Å². The van der Waals surface area contributed by atoms with E-state index in [9.17, 15) is 4.79 Å². The van der Waals surface area contributed by atoms with Crippen LogP contribution in [-0.4, -0.2) is 46.3 Å². The molecule has 3 aromatic rings. The summed E-state index contributed by atoms with van der Waals surface area (Å²) in [6, 6.07) is 12.3. The molecule has 0 aliphatic heterocycles. The lowest BCUT2D eigenvalue weighted by atomic mass is 10.1. The number of hydrogen-bond donors (Lipinski definition) is 1. The highest BCUT2D eigenvalue weighted by Crippen LogP contribution is 2.38. The minimum absolute atomic E-state index is 0.222. The van der Waals surface area contributed by atoms with Crippen molar-refractivity contribution in [3.05, 3.63) is 65.9 Å². The molecule has 0 radical (unpaired) electrons. The van der Waals surface area contributed by atoms with Crippen LogP contribution < -0.4 is 29.0 Å². The van der Waals surface area contributed by atoms with E-state index in [1.807, 2.05) is 6.07 Å². The Morgan fingerprint density at radius 2 is 1.48 bits per heavy atom. The van der Waals surface area contributed by atoms with Gasteiger partial charge in [0.2, 0.25) is 5.75 Å². The Balaban J connectivity index is 1.87. The Morgan fingerprint density at radius 1 is 0.818 bits per heavy atom. The molecule has 0 aliphatic carbocycles. The zero-order valence-corrected chi connectivity index (χ0v) is 19.2. The van der Waals surface area contributed by atoms with E-state index in [2.05, 4.69) is 10.3 Å². The fraction of sp³-hybridized carbons (Fsp3) is 0.200. The van der Waals surface area contributed by atoms with Crippen LogP contribution in [0.4, 0.5) is 11.5 Å². The summed E-state index contributed by atoms with van der Waals surface area (Å²) in [7, 11) is 7.75. The Morgan fingerprint density at radius 3 is 2.09 bits per heavy atom. The first-order chi connectivity index (χ1) is 16.0. The molecule has 8 heteroatoms.